The highest BCUT2D eigenvalue weighted by Crippen LogP contribution is 2.36. The van der Waals surface area contributed by atoms with Crippen molar-refractivity contribution in [3.8, 4) is 17.5 Å². The lowest BCUT2D eigenvalue weighted by Gasteiger charge is -2.33. The number of nitriles is 1. The Morgan fingerprint density at radius 2 is 1.83 bits per heavy atom. The molecule has 0 aliphatic carbocycles. The molecule has 2 saturated heterocycles. The molecule has 7 heteroatoms. The second kappa shape index (κ2) is 9.53. The molecule has 2 fully saturated rings. The third kappa shape index (κ3) is 4.66. The zero-order valence-electron chi connectivity index (χ0n) is 20.7. The van der Waals surface area contributed by atoms with Crippen LogP contribution in [0.5, 0.6) is 0 Å². The van der Waals surface area contributed by atoms with Gasteiger partial charge < -0.3 is 9.80 Å². The number of aromatic amines is 1. The second-order valence-electron chi connectivity index (χ2n) is 10.1. The number of H-pyrrole nitrogens is 1. The molecule has 1 aromatic heterocycles. The van der Waals surface area contributed by atoms with Gasteiger partial charge in [0.05, 0.1) is 11.6 Å². The molecule has 2 aromatic carbocycles. The number of piperidine rings is 1. The number of carbonyl (C=O) groups is 1. The molecular formula is C28H32N6O. The van der Waals surface area contributed by atoms with Crippen LogP contribution < -0.4 is 4.90 Å². The van der Waals surface area contributed by atoms with Crippen LogP contribution in [0.15, 0.2) is 36.4 Å². The quantitative estimate of drug-likeness (QED) is 0.593. The Bertz CT molecular complexity index is 1260. The topological polar surface area (TPSA) is 88.9 Å². The highest BCUT2D eigenvalue weighted by atomic mass is 16.2. The Morgan fingerprint density at radius 1 is 1.09 bits per heavy atom. The summed E-state index contributed by atoms with van der Waals surface area (Å²) in [5.74, 6) is 2.55. The normalized spacial score (nSPS) is 18.6. The summed E-state index contributed by atoms with van der Waals surface area (Å²) >= 11 is 0. The zero-order valence-corrected chi connectivity index (χ0v) is 20.7. The molecule has 2 aliphatic rings. The van der Waals surface area contributed by atoms with Gasteiger partial charge in [-0.3, -0.25) is 9.89 Å². The highest BCUT2D eigenvalue weighted by molar-refractivity contribution is 5.98. The third-order valence-corrected chi connectivity index (χ3v) is 7.47. The number of carbonyl (C=O) groups excluding carboxylic acids is 1. The maximum atomic E-state index is 13.6. The minimum absolute atomic E-state index is 0.0793. The van der Waals surface area contributed by atoms with Crippen LogP contribution in [-0.2, 0) is 0 Å². The number of likely N-dealkylation sites (tertiary alicyclic amines) is 1. The molecule has 1 atom stereocenters. The molecule has 7 nitrogen and oxygen atoms in total. The maximum Gasteiger partial charge on any atom is 0.254 e. The molecule has 5 rings (SSSR count). The lowest BCUT2D eigenvalue weighted by Crippen LogP contribution is -2.38. The molecule has 3 heterocycles. The SMILES string of the molecule is Cc1nc(-c2cc(C(=O)N3CCC(c4ccc(C#N)cc4)CC3)c(C)cc2N2CC[C@@H](C)C2)n[nH]1. The maximum absolute atomic E-state index is 13.6. The van der Waals surface area contributed by atoms with E-state index in [4.69, 9.17) is 5.26 Å². The van der Waals surface area contributed by atoms with Crippen LogP contribution in [0.2, 0.25) is 0 Å². The number of benzene rings is 2. The van der Waals surface area contributed by atoms with Crippen molar-refractivity contribution >= 4 is 11.6 Å². The minimum Gasteiger partial charge on any atom is -0.371 e. The molecule has 1 amide bonds. The molecule has 2 aliphatic heterocycles. The molecule has 0 unspecified atom stereocenters. The van der Waals surface area contributed by atoms with Crippen LogP contribution in [0.1, 0.15) is 65.0 Å². The summed E-state index contributed by atoms with van der Waals surface area (Å²) in [5.41, 5.74) is 5.69. The van der Waals surface area contributed by atoms with Crippen LogP contribution in [-0.4, -0.2) is 52.2 Å². The van der Waals surface area contributed by atoms with E-state index in [0.717, 1.165) is 67.2 Å². The first-order valence-corrected chi connectivity index (χ1v) is 12.5. The zero-order chi connectivity index (χ0) is 24.5. The Labute approximate surface area is 206 Å². The number of rotatable bonds is 4. The van der Waals surface area contributed by atoms with Crippen LogP contribution in [0.25, 0.3) is 11.4 Å². The fourth-order valence-corrected chi connectivity index (χ4v) is 5.40. The van der Waals surface area contributed by atoms with Crippen molar-refractivity contribution in [2.75, 3.05) is 31.1 Å². The van der Waals surface area contributed by atoms with Crippen LogP contribution in [0.4, 0.5) is 5.69 Å². The number of hydrogen-bond donors (Lipinski definition) is 1. The van der Waals surface area contributed by atoms with Gasteiger partial charge in [-0.25, -0.2) is 4.98 Å². The number of anilines is 1. The predicted molar refractivity (Wildman–Crippen MR) is 136 cm³/mol. The van der Waals surface area contributed by atoms with Crippen molar-refractivity contribution < 1.29 is 4.79 Å². The van der Waals surface area contributed by atoms with Crippen LogP contribution in [0, 0.1) is 31.1 Å². The highest BCUT2D eigenvalue weighted by Gasteiger charge is 2.28. The van der Waals surface area contributed by atoms with E-state index in [0.29, 0.717) is 23.2 Å². The van der Waals surface area contributed by atoms with Gasteiger partial charge in [-0.1, -0.05) is 19.1 Å². The molecule has 3 aromatic rings. The number of nitrogens with zero attached hydrogens (tertiary/aromatic N) is 5. The first kappa shape index (κ1) is 23.1. The monoisotopic (exact) mass is 468 g/mol. The van der Waals surface area contributed by atoms with Crippen molar-refractivity contribution in [3.63, 3.8) is 0 Å². The lowest BCUT2D eigenvalue weighted by molar-refractivity contribution is 0.0712. The van der Waals surface area contributed by atoms with E-state index < -0.39 is 0 Å². The molecule has 1 N–H and O–H groups in total. The largest absolute Gasteiger partial charge is 0.371 e. The van der Waals surface area contributed by atoms with Gasteiger partial charge in [0.25, 0.3) is 5.91 Å². The van der Waals surface area contributed by atoms with Crippen molar-refractivity contribution in [2.24, 2.45) is 5.92 Å². The number of amides is 1. The van der Waals surface area contributed by atoms with Gasteiger partial charge in [0, 0.05) is 43.0 Å². The Hall–Kier alpha value is -3.66. The van der Waals surface area contributed by atoms with E-state index in [9.17, 15) is 4.79 Å². The molecule has 0 spiro atoms. The predicted octanol–water partition coefficient (Wildman–Crippen LogP) is 4.83. The Balaban J connectivity index is 1.38. The Kier molecular flexibility index (Phi) is 6.29. The summed E-state index contributed by atoms with van der Waals surface area (Å²) in [6.07, 6.45) is 3.02. The minimum atomic E-state index is 0.0793. The van der Waals surface area contributed by atoms with E-state index in [1.807, 2.05) is 49.1 Å². The molecule has 0 saturated carbocycles. The average molecular weight is 469 g/mol. The number of hydrogen-bond acceptors (Lipinski definition) is 5. The molecule has 0 bridgehead atoms. The van der Waals surface area contributed by atoms with E-state index in [1.54, 1.807) is 0 Å². The summed E-state index contributed by atoms with van der Waals surface area (Å²) in [6.45, 7) is 9.67. The standard InChI is InChI=1S/C28H32N6O/c1-18-8-11-34(17-18)26-14-19(2)24(15-25(26)27-30-20(3)31-32-27)28(35)33-12-9-23(10-13-33)22-6-4-21(16-29)5-7-22/h4-7,14-15,18,23H,8-13,17H2,1-3H3,(H,30,31,32)/t18-/m1/s1. The van der Waals surface area contributed by atoms with Crippen LogP contribution >= 0.6 is 0 Å². The van der Waals surface area contributed by atoms with Gasteiger partial charge in [0.15, 0.2) is 5.82 Å². The van der Waals surface area contributed by atoms with E-state index in [-0.39, 0.29) is 5.91 Å². The van der Waals surface area contributed by atoms with Gasteiger partial charge in [0.2, 0.25) is 0 Å². The number of aryl methyl sites for hydroxylation is 2. The summed E-state index contributed by atoms with van der Waals surface area (Å²) in [4.78, 5) is 22.6. The summed E-state index contributed by atoms with van der Waals surface area (Å²) < 4.78 is 0. The van der Waals surface area contributed by atoms with Gasteiger partial charge in [0.1, 0.15) is 5.82 Å². The molecular weight excluding hydrogens is 436 g/mol. The fourth-order valence-electron chi connectivity index (χ4n) is 5.40. The van der Waals surface area contributed by atoms with Gasteiger partial charge in [-0.2, -0.15) is 10.4 Å². The van der Waals surface area contributed by atoms with Crippen molar-refractivity contribution in [1.82, 2.24) is 20.1 Å². The Morgan fingerprint density at radius 3 is 2.43 bits per heavy atom. The third-order valence-electron chi connectivity index (χ3n) is 7.47. The van der Waals surface area contributed by atoms with E-state index >= 15 is 0 Å². The number of aromatic nitrogens is 3. The summed E-state index contributed by atoms with van der Waals surface area (Å²) in [6, 6.07) is 14.2. The van der Waals surface area contributed by atoms with Gasteiger partial charge in [-0.05, 0) is 80.3 Å². The van der Waals surface area contributed by atoms with Crippen molar-refractivity contribution in [2.45, 2.75) is 46.0 Å². The number of nitrogens with one attached hydrogen (secondary N) is 1. The average Bonchev–Trinajstić information content (AvgIpc) is 3.51. The van der Waals surface area contributed by atoms with E-state index in [1.165, 1.54) is 12.0 Å². The lowest BCUT2D eigenvalue weighted by atomic mass is 9.88. The smallest absolute Gasteiger partial charge is 0.254 e. The molecule has 0 radical (unpaired) electrons. The van der Waals surface area contributed by atoms with Gasteiger partial charge >= 0.3 is 0 Å². The summed E-state index contributed by atoms with van der Waals surface area (Å²) in [5, 5.41) is 16.4. The van der Waals surface area contributed by atoms with Crippen molar-refractivity contribution in [3.05, 3.63) is 64.5 Å². The van der Waals surface area contributed by atoms with Crippen molar-refractivity contribution in [1.29, 1.82) is 5.26 Å². The molecule has 35 heavy (non-hydrogen) atoms. The first-order chi connectivity index (χ1) is 16.9. The first-order valence-electron chi connectivity index (χ1n) is 12.5. The van der Waals surface area contributed by atoms with Gasteiger partial charge in [-0.15, -0.1) is 0 Å². The summed E-state index contributed by atoms with van der Waals surface area (Å²) in [7, 11) is 0. The van der Waals surface area contributed by atoms with Crippen LogP contribution in [0.3, 0.4) is 0 Å². The molecule has 180 valence electrons. The second-order valence-corrected chi connectivity index (χ2v) is 10.1. The van der Waals surface area contributed by atoms with E-state index in [2.05, 4.69) is 39.1 Å². The fraction of sp³-hybridized carbons (Fsp3) is 0.429.